The summed E-state index contributed by atoms with van der Waals surface area (Å²) in [5, 5.41) is 7.46. The standard InChI is InChI=1S/C14H28N4/c1-3-4-5-6-7-8-9-10-11-18-13-16-14(17-18)12-15-2/h13,15H,3-12H2,1-2H3. The van der Waals surface area contributed by atoms with Gasteiger partial charge in [0.2, 0.25) is 0 Å². The molecule has 4 heteroatoms. The number of nitrogens with zero attached hydrogens (tertiary/aromatic N) is 3. The van der Waals surface area contributed by atoms with E-state index in [1.807, 2.05) is 18.1 Å². The van der Waals surface area contributed by atoms with E-state index in [0.29, 0.717) is 0 Å². The Labute approximate surface area is 111 Å². The molecule has 0 saturated heterocycles. The van der Waals surface area contributed by atoms with Crippen LogP contribution in [0.5, 0.6) is 0 Å². The van der Waals surface area contributed by atoms with Crippen molar-refractivity contribution in [2.45, 2.75) is 71.4 Å². The van der Waals surface area contributed by atoms with Crippen molar-refractivity contribution in [2.75, 3.05) is 7.05 Å². The van der Waals surface area contributed by atoms with Crippen LogP contribution in [0.2, 0.25) is 0 Å². The van der Waals surface area contributed by atoms with Crippen LogP contribution in [0.25, 0.3) is 0 Å². The van der Waals surface area contributed by atoms with E-state index in [-0.39, 0.29) is 0 Å². The van der Waals surface area contributed by atoms with E-state index in [0.717, 1.165) is 18.9 Å². The van der Waals surface area contributed by atoms with Gasteiger partial charge in [-0.2, -0.15) is 5.10 Å². The Morgan fingerprint density at radius 2 is 1.72 bits per heavy atom. The van der Waals surface area contributed by atoms with Crippen LogP contribution < -0.4 is 5.32 Å². The molecule has 0 radical (unpaired) electrons. The molecule has 1 aromatic heterocycles. The molecule has 0 bridgehead atoms. The number of hydrogen-bond acceptors (Lipinski definition) is 3. The van der Waals surface area contributed by atoms with Crippen LogP contribution in [-0.2, 0) is 13.1 Å². The first-order valence-electron chi connectivity index (χ1n) is 7.39. The highest BCUT2D eigenvalue weighted by molar-refractivity contribution is 4.79. The first kappa shape index (κ1) is 15.2. The quantitative estimate of drug-likeness (QED) is 0.615. The van der Waals surface area contributed by atoms with Crippen molar-refractivity contribution >= 4 is 0 Å². The average Bonchev–Trinajstić information content (AvgIpc) is 2.81. The summed E-state index contributed by atoms with van der Waals surface area (Å²) in [5.41, 5.74) is 0. The fraction of sp³-hybridized carbons (Fsp3) is 0.857. The van der Waals surface area contributed by atoms with Gasteiger partial charge in [0.1, 0.15) is 6.33 Å². The monoisotopic (exact) mass is 252 g/mol. The molecule has 104 valence electrons. The molecule has 0 atom stereocenters. The molecular formula is C14H28N4. The number of aryl methyl sites for hydroxylation is 1. The summed E-state index contributed by atoms with van der Waals surface area (Å²) in [6.45, 7) is 4.02. The molecule has 0 spiro atoms. The van der Waals surface area contributed by atoms with Gasteiger partial charge in [-0.05, 0) is 13.5 Å². The van der Waals surface area contributed by atoms with Gasteiger partial charge in [0.15, 0.2) is 5.82 Å². The molecule has 1 heterocycles. The van der Waals surface area contributed by atoms with Crippen molar-refractivity contribution in [2.24, 2.45) is 0 Å². The topological polar surface area (TPSA) is 42.7 Å². The third kappa shape index (κ3) is 6.74. The molecule has 0 aliphatic carbocycles. The Morgan fingerprint density at radius 1 is 1.06 bits per heavy atom. The molecule has 0 unspecified atom stereocenters. The van der Waals surface area contributed by atoms with Crippen LogP contribution >= 0.6 is 0 Å². The highest BCUT2D eigenvalue weighted by Gasteiger charge is 1.99. The Hall–Kier alpha value is -0.900. The van der Waals surface area contributed by atoms with Crippen LogP contribution in [0.3, 0.4) is 0 Å². The maximum atomic E-state index is 4.40. The second kappa shape index (κ2) is 10.1. The van der Waals surface area contributed by atoms with Crippen molar-refractivity contribution in [1.29, 1.82) is 0 Å². The van der Waals surface area contributed by atoms with Gasteiger partial charge < -0.3 is 5.32 Å². The van der Waals surface area contributed by atoms with E-state index in [1.54, 1.807) is 0 Å². The summed E-state index contributed by atoms with van der Waals surface area (Å²) in [7, 11) is 1.92. The second-order valence-corrected chi connectivity index (χ2v) is 4.93. The predicted molar refractivity (Wildman–Crippen MR) is 75.4 cm³/mol. The van der Waals surface area contributed by atoms with Gasteiger partial charge in [0.05, 0.1) is 6.54 Å². The van der Waals surface area contributed by atoms with Gasteiger partial charge in [-0.1, -0.05) is 51.9 Å². The van der Waals surface area contributed by atoms with Gasteiger partial charge in [0, 0.05) is 6.54 Å². The highest BCUT2D eigenvalue weighted by atomic mass is 15.3. The predicted octanol–water partition coefficient (Wildman–Crippen LogP) is 3.14. The molecule has 0 fully saturated rings. The Morgan fingerprint density at radius 3 is 2.39 bits per heavy atom. The van der Waals surface area contributed by atoms with E-state index in [9.17, 15) is 0 Å². The molecule has 0 aliphatic heterocycles. The van der Waals surface area contributed by atoms with Crippen molar-refractivity contribution in [1.82, 2.24) is 20.1 Å². The summed E-state index contributed by atoms with van der Waals surface area (Å²) in [6.07, 6.45) is 12.7. The molecule has 0 saturated carbocycles. The Bertz CT molecular complexity index is 296. The van der Waals surface area contributed by atoms with Crippen molar-refractivity contribution in [3.63, 3.8) is 0 Å². The lowest BCUT2D eigenvalue weighted by Crippen LogP contribution is -2.07. The first-order chi connectivity index (χ1) is 8.86. The van der Waals surface area contributed by atoms with Gasteiger partial charge in [0.25, 0.3) is 0 Å². The van der Waals surface area contributed by atoms with Crippen LogP contribution in [0.15, 0.2) is 6.33 Å². The number of unbranched alkanes of at least 4 members (excludes halogenated alkanes) is 7. The number of aromatic nitrogens is 3. The van der Waals surface area contributed by atoms with Crippen LogP contribution in [0, 0.1) is 0 Å². The Balaban J connectivity index is 1.96. The fourth-order valence-corrected chi connectivity index (χ4v) is 2.09. The van der Waals surface area contributed by atoms with Crippen LogP contribution in [-0.4, -0.2) is 21.8 Å². The van der Waals surface area contributed by atoms with Crippen LogP contribution in [0.1, 0.15) is 64.1 Å². The molecule has 0 amide bonds. The SMILES string of the molecule is CCCCCCCCCCn1cnc(CNC)n1. The minimum Gasteiger partial charge on any atom is -0.313 e. The molecule has 0 aromatic carbocycles. The van der Waals surface area contributed by atoms with Crippen molar-refractivity contribution in [3.8, 4) is 0 Å². The molecular weight excluding hydrogens is 224 g/mol. The summed E-state index contributed by atoms with van der Waals surface area (Å²) in [5.74, 6) is 0.886. The number of hydrogen-bond donors (Lipinski definition) is 1. The molecule has 0 aliphatic rings. The lowest BCUT2D eigenvalue weighted by Gasteiger charge is -2.02. The molecule has 1 N–H and O–H groups in total. The lowest BCUT2D eigenvalue weighted by atomic mass is 10.1. The zero-order valence-corrected chi connectivity index (χ0v) is 12.0. The van der Waals surface area contributed by atoms with E-state index < -0.39 is 0 Å². The zero-order valence-electron chi connectivity index (χ0n) is 12.0. The fourth-order valence-electron chi connectivity index (χ4n) is 2.09. The van der Waals surface area contributed by atoms with Crippen molar-refractivity contribution < 1.29 is 0 Å². The Kier molecular flexibility index (Phi) is 8.47. The summed E-state index contributed by atoms with van der Waals surface area (Å²) in [4.78, 5) is 4.24. The van der Waals surface area contributed by atoms with Gasteiger partial charge in [-0.15, -0.1) is 0 Å². The minimum atomic E-state index is 0.754. The summed E-state index contributed by atoms with van der Waals surface area (Å²) in [6, 6.07) is 0. The van der Waals surface area contributed by atoms with Gasteiger partial charge in [-0.25, -0.2) is 4.98 Å². The second-order valence-electron chi connectivity index (χ2n) is 4.93. The maximum absolute atomic E-state index is 4.40. The number of nitrogens with one attached hydrogen (secondary N) is 1. The molecule has 1 aromatic rings. The van der Waals surface area contributed by atoms with E-state index in [2.05, 4.69) is 22.3 Å². The third-order valence-electron chi connectivity index (χ3n) is 3.16. The van der Waals surface area contributed by atoms with E-state index in [1.165, 1.54) is 51.4 Å². The maximum Gasteiger partial charge on any atom is 0.164 e. The summed E-state index contributed by atoms with van der Waals surface area (Å²) >= 11 is 0. The van der Waals surface area contributed by atoms with E-state index in [4.69, 9.17) is 0 Å². The zero-order chi connectivity index (χ0) is 13.1. The summed E-state index contributed by atoms with van der Waals surface area (Å²) < 4.78 is 1.96. The lowest BCUT2D eigenvalue weighted by molar-refractivity contribution is 0.516. The minimum absolute atomic E-state index is 0.754. The average molecular weight is 252 g/mol. The highest BCUT2D eigenvalue weighted by Crippen LogP contribution is 2.08. The van der Waals surface area contributed by atoms with E-state index >= 15 is 0 Å². The first-order valence-corrected chi connectivity index (χ1v) is 7.39. The molecule has 4 nitrogen and oxygen atoms in total. The molecule has 1 rings (SSSR count). The largest absolute Gasteiger partial charge is 0.313 e. The van der Waals surface area contributed by atoms with Gasteiger partial charge >= 0.3 is 0 Å². The van der Waals surface area contributed by atoms with Crippen molar-refractivity contribution in [3.05, 3.63) is 12.2 Å². The third-order valence-corrected chi connectivity index (χ3v) is 3.16. The molecule has 18 heavy (non-hydrogen) atoms. The van der Waals surface area contributed by atoms with Crippen LogP contribution in [0.4, 0.5) is 0 Å². The normalized spacial score (nSPS) is 11.0. The van der Waals surface area contributed by atoms with Gasteiger partial charge in [-0.3, -0.25) is 4.68 Å². The number of rotatable bonds is 11. The smallest absolute Gasteiger partial charge is 0.164 e.